The lowest BCUT2D eigenvalue weighted by Crippen LogP contribution is -2.41. The average molecular weight is 703 g/mol. The summed E-state index contributed by atoms with van der Waals surface area (Å²) in [6.45, 7) is 8.15. The SMILES string of the molecule is COc1ccc(B2OC(C)(C)C(C)(C)O2)cc1-c1ccc(C(F)(F)F)cc1CN1C(=O)OC(c2cc(C(F)(F)F)cc(C(F)(F)F)c2)C1C. The third-order valence-corrected chi connectivity index (χ3v) is 9.14. The number of nitrogens with zero attached hydrogens (tertiary/aromatic N) is 1. The summed E-state index contributed by atoms with van der Waals surface area (Å²) in [7, 11) is 0.502. The highest BCUT2D eigenvalue weighted by atomic mass is 19.4. The Kier molecular flexibility index (Phi) is 9.01. The van der Waals surface area contributed by atoms with Gasteiger partial charge in [0.1, 0.15) is 11.9 Å². The Balaban J connectivity index is 1.57. The fourth-order valence-electron chi connectivity index (χ4n) is 5.71. The lowest BCUT2D eigenvalue weighted by atomic mass is 9.77. The van der Waals surface area contributed by atoms with Gasteiger partial charge in [0.15, 0.2) is 0 Å². The molecule has 0 aromatic heterocycles. The fraction of sp³-hybridized carbons (Fsp3) is 0.424. The highest BCUT2D eigenvalue weighted by molar-refractivity contribution is 6.62. The van der Waals surface area contributed by atoms with Crippen LogP contribution in [0.1, 0.15) is 68.5 Å². The molecule has 3 aromatic carbocycles. The highest BCUT2D eigenvalue weighted by Crippen LogP contribution is 2.43. The minimum absolute atomic E-state index is 0.0522. The lowest BCUT2D eigenvalue weighted by molar-refractivity contribution is -0.143. The molecule has 2 saturated heterocycles. The normalized spacial score (nSPS) is 20.9. The molecule has 264 valence electrons. The zero-order chi connectivity index (χ0) is 36.5. The van der Waals surface area contributed by atoms with Crippen molar-refractivity contribution >= 4 is 18.7 Å². The maximum Gasteiger partial charge on any atom is 0.494 e. The molecule has 5 rings (SSSR count). The summed E-state index contributed by atoms with van der Waals surface area (Å²) in [5.74, 6) is 0.250. The predicted molar refractivity (Wildman–Crippen MR) is 160 cm³/mol. The van der Waals surface area contributed by atoms with Crippen LogP contribution in [0.2, 0.25) is 0 Å². The average Bonchev–Trinajstić information content (AvgIpc) is 3.39. The van der Waals surface area contributed by atoms with E-state index >= 15 is 0 Å². The van der Waals surface area contributed by atoms with Crippen molar-refractivity contribution in [1.82, 2.24) is 4.90 Å². The summed E-state index contributed by atoms with van der Waals surface area (Å²) in [5.41, 5.74) is -5.29. The maximum absolute atomic E-state index is 13.9. The van der Waals surface area contributed by atoms with Gasteiger partial charge in [0.05, 0.1) is 47.6 Å². The molecule has 16 heteroatoms. The first-order valence-corrected chi connectivity index (χ1v) is 14.9. The molecule has 3 aromatic rings. The van der Waals surface area contributed by atoms with Gasteiger partial charge in [-0.3, -0.25) is 4.90 Å². The van der Waals surface area contributed by atoms with Crippen molar-refractivity contribution in [3.63, 3.8) is 0 Å². The number of halogens is 9. The largest absolute Gasteiger partial charge is 0.496 e. The van der Waals surface area contributed by atoms with Crippen molar-refractivity contribution in [2.45, 2.75) is 83.0 Å². The number of ether oxygens (including phenoxy) is 2. The number of carbonyl (C=O) groups is 1. The number of alkyl halides is 9. The van der Waals surface area contributed by atoms with E-state index in [9.17, 15) is 44.3 Å². The van der Waals surface area contributed by atoms with E-state index in [4.69, 9.17) is 18.8 Å². The van der Waals surface area contributed by atoms with Crippen LogP contribution >= 0.6 is 0 Å². The van der Waals surface area contributed by atoms with Gasteiger partial charge in [-0.15, -0.1) is 0 Å². The van der Waals surface area contributed by atoms with Gasteiger partial charge in [-0.05, 0) is 93.2 Å². The van der Waals surface area contributed by atoms with Gasteiger partial charge in [-0.2, -0.15) is 39.5 Å². The number of carbonyl (C=O) groups excluding carboxylic acids is 1. The molecule has 0 bridgehead atoms. The maximum atomic E-state index is 13.9. The third kappa shape index (κ3) is 7.07. The van der Waals surface area contributed by atoms with E-state index < -0.39 is 83.9 Å². The Labute approximate surface area is 276 Å². The van der Waals surface area contributed by atoms with Crippen molar-refractivity contribution < 1.29 is 63.1 Å². The Morgan fingerprint density at radius 1 is 0.755 bits per heavy atom. The van der Waals surface area contributed by atoms with Crippen LogP contribution in [0, 0.1) is 0 Å². The van der Waals surface area contributed by atoms with E-state index in [-0.39, 0.29) is 22.9 Å². The van der Waals surface area contributed by atoms with Gasteiger partial charge in [-0.1, -0.05) is 18.2 Å². The van der Waals surface area contributed by atoms with E-state index in [2.05, 4.69) is 0 Å². The number of hydrogen-bond acceptors (Lipinski definition) is 5. The van der Waals surface area contributed by atoms with Gasteiger partial charge in [0.25, 0.3) is 0 Å². The second-order valence-corrected chi connectivity index (χ2v) is 12.9. The van der Waals surface area contributed by atoms with E-state index in [0.29, 0.717) is 23.2 Å². The van der Waals surface area contributed by atoms with E-state index in [1.807, 2.05) is 27.7 Å². The Morgan fingerprint density at radius 2 is 1.31 bits per heavy atom. The van der Waals surface area contributed by atoms with Crippen LogP contribution in [0.25, 0.3) is 11.1 Å². The lowest BCUT2D eigenvalue weighted by Gasteiger charge is -2.32. The summed E-state index contributed by atoms with van der Waals surface area (Å²) < 4.78 is 146. The predicted octanol–water partition coefficient (Wildman–Crippen LogP) is 8.80. The Morgan fingerprint density at radius 3 is 1.82 bits per heavy atom. The molecule has 0 saturated carbocycles. The van der Waals surface area contributed by atoms with Crippen molar-refractivity contribution in [1.29, 1.82) is 0 Å². The van der Waals surface area contributed by atoms with Gasteiger partial charge in [0, 0.05) is 5.56 Å². The van der Waals surface area contributed by atoms with Crippen LogP contribution in [0.5, 0.6) is 5.75 Å². The zero-order valence-electron chi connectivity index (χ0n) is 27.0. The molecule has 0 aliphatic carbocycles. The standard InChI is InChI=1S/C33H31BF9NO5/c1-17-27(18-11-21(32(38,39)40)14-22(12-18)33(41,42)43)47-28(45)44(17)16-19-13-20(31(35,36)37)7-9-24(19)25-15-23(8-10-26(25)46-6)34-48-29(2,3)30(4,5)49-34/h7-15,17,27H,16H2,1-6H3. The number of hydrogen-bond donors (Lipinski definition) is 0. The molecule has 2 atom stereocenters. The number of amides is 1. The van der Waals surface area contributed by atoms with Crippen LogP contribution in [0.15, 0.2) is 54.6 Å². The summed E-state index contributed by atoms with van der Waals surface area (Å²) in [6.07, 6.45) is -17.9. The Hall–Kier alpha value is -3.92. The minimum atomic E-state index is -5.15. The van der Waals surface area contributed by atoms with Gasteiger partial charge < -0.3 is 18.8 Å². The smallest absolute Gasteiger partial charge is 0.494 e. The molecule has 0 radical (unpaired) electrons. The number of cyclic esters (lactones) is 1. The molecule has 49 heavy (non-hydrogen) atoms. The summed E-state index contributed by atoms with van der Waals surface area (Å²) in [6, 6.07) is 7.36. The van der Waals surface area contributed by atoms with Crippen LogP contribution in [-0.2, 0) is 39.1 Å². The van der Waals surface area contributed by atoms with Crippen LogP contribution in [0.3, 0.4) is 0 Å². The van der Waals surface area contributed by atoms with Crippen molar-refractivity contribution in [2.24, 2.45) is 0 Å². The molecule has 0 spiro atoms. The first-order valence-electron chi connectivity index (χ1n) is 14.9. The highest BCUT2D eigenvalue weighted by Gasteiger charge is 2.52. The molecular weight excluding hydrogens is 672 g/mol. The topological polar surface area (TPSA) is 57.2 Å². The molecular formula is C33H31BF9NO5. The van der Waals surface area contributed by atoms with Gasteiger partial charge in [0.2, 0.25) is 0 Å². The molecule has 2 fully saturated rings. The molecule has 1 amide bonds. The molecule has 0 N–H and O–H groups in total. The number of benzene rings is 3. The van der Waals surface area contributed by atoms with Gasteiger partial charge in [-0.25, -0.2) is 4.79 Å². The second-order valence-electron chi connectivity index (χ2n) is 12.9. The van der Waals surface area contributed by atoms with E-state index in [0.717, 1.165) is 17.0 Å². The molecule has 2 aliphatic rings. The van der Waals surface area contributed by atoms with Crippen molar-refractivity contribution in [2.75, 3.05) is 7.11 Å². The van der Waals surface area contributed by atoms with Crippen LogP contribution in [0.4, 0.5) is 44.3 Å². The molecule has 6 nitrogen and oxygen atoms in total. The molecule has 2 unspecified atom stereocenters. The minimum Gasteiger partial charge on any atom is -0.496 e. The van der Waals surface area contributed by atoms with Gasteiger partial charge >= 0.3 is 31.7 Å². The zero-order valence-corrected chi connectivity index (χ0v) is 27.0. The summed E-state index contributed by atoms with van der Waals surface area (Å²) in [5, 5.41) is 0. The summed E-state index contributed by atoms with van der Waals surface area (Å²) >= 11 is 0. The summed E-state index contributed by atoms with van der Waals surface area (Å²) in [4.78, 5) is 14.1. The monoisotopic (exact) mass is 703 g/mol. The number of rotatable bonds is 6. The Bertz CT molecular complexity index is 1710. The number of methoxy groups -OCH3 is 1. The van der Waals surface area contributed by atoms with Crippen molar-refractivity contribution in [3.05, 3.63) is 82.4 Å². The van der Waals surface area contributed by atoms with Crippen LogP contribution in [-0.4, -0.2) is 42.5 Å². The van der Waals surface area contributed by atoms with E-state index in [1.165, 1.54) is 20.1 Å². The van der Waals surface area contributed by atoms with E-state index in [1.54, 1.807) is 18.2 Å². The van der Waals surface area contributed by atoms with Crippen molar-refractivity contribution in [3.8, 4) is 16.9 Å². The second kappa shape index (κ2) is 12.1. The quantitative estimate of drug-likeness (QED) is 0.190. The molecule has 2 heterocycles. The first kappa shape index (κ1) is 36.4. The third-order valence-electron chi connectivity index (χ3n) is 9.14. The molecule has 2 aliphatic heterocycles. The first-order chi connectivity index (χ1) is 22.4. The van der Waals surface area contributed by atoms with Crippen LogP contribution < -0.4 is 10.2 Å². The fourth-order valence-corrected chi connectivity index (χ4v) is 5.71.